The molecule has 17 heavy (non-hydrogen) atoms. The average molecular weight is 434 g/mol. The summed E-state index contributed by atoms with van der Waals surface area (Å²) in [5, 5.41) is 0. The van der Waals surface area contributed by atoms with E-state index in [9.17, 15) is 0 Å². The van der Waals surface area contributed by atoms with Crippen LogP contribution in [0.2, 0.25) is 0 Å². The summed E-state index contributed by atoms with van der Waals surface area (Å²) in [6, 6.07) is 0. The van der Waals surface area contributed by atoms with Crippen molar-refractivity contribution in [1.82, 2.24) is 0 Å². The van der Waals surface area contributed by atoms with Crippen LogP contribution < -0.4 is 103 Å². The van der Waals surface area contributed by atoms with Crippen molar-refractivity contribution in [2.75, 3.05) is 0 Å². The Bertz CT molecular complexity index is 350. The van der Waals surface area contributed by atoms with Crippen LogP contribution in [0.25, 0.3) is 0 Å². The van der Waals surface area contributed by atoms with E-state index in [4.69, 9.17) is 47.8 Å². The second-order valence-electron chi connectivity index (χ2n) is 1.34. The molecule has 0 aliphatic carbocycles. The molecule has 0 saturated carbocycles. The summed E-state index contributed by atoms with van der Waals surface area (Å²) in [5.41, 5.74) is 0. The van der Waals surface area contributed by atoms with Crippen LogP contribution in [0.3, 0.4) is 0 Å². The third kappa shape index (κ3) is 502. The minimum atomic E-state index is -5.25. The van der Waals surface area contributed by atoms with Gasteiger partial charge in [0.25, 0.3) is 0 Å². The zero-order valence-corrected chi connectivity index (χ0v) is 18.4. The van der Waals surface area contributed by atoms with Gasteiger partial charge in [-0.1, -0.05) is 0 Å². The van der Waals surface area contributed by atoms with Gasteiger partial charge in [-0.25, -0.2) is 0 Å². The third-order valence-corrected chi connectivity index (χ3v) is 0. The number of rotatable bonds is 0. The van der Waals surface area contributed by atoms with Gasteiger partial charge in [0.05, 0.1) is 0 Å². The van der Waals surface area contributed by atoms with E-state index in [0.29, 0.717) is 0 Å². The van der Waals surface area contributed by atoms with Crippen LogP contribution >= 0.6 is 0 Å². The fourth-order valence-corrected chi connectivity index (χ4v) is 0. The van der Waals surface area contributed by atoms with E-state index in [2.05, 4.69) is 0 Å². The molecule has 0 aliphatic heterocycles. The van der Waals surface area contributed by atoms with Gasteiger partial charge in [-0.15, -0.1) is 0 Å². The Hall–Kier alpha value is 3.43. The molecule has 0 amide bonds. The molecule has 0 aromatic carbocycles. The Labute approximate surface area is 189 Å². The van der Waals surface area contributed by atoms with E-state index in [0.717, 1.165) is 0 Å². The predicted molar refractivity (Wildman–Crippen MR) is 19.7 cm³/mol. The zero-order chi connectivity index (χ0) is 13.5. The molecular weight excluding hydrogens is 426 g/mol. The van der Waals surface area contributed by atoms with Gasteiger partial charge in [0.15, 0.2) is 0 Å². The van der Waals surface area contributed by atoms with Crippen molar-refractivity contribution in [1.29, 1.82) is 0 Å². The minimum absolute atomic E-state index is 0. The molecule has 100 valence electrons. The first-order valence-electron chi connectivity index (χ1n) is 2.10. The van der Waals surface area contributed by atoms with Crippen molar-refractivity contribution in [2.45, 2.75) is 0 Å². The molecule has 0 bridgehead atoms. The second kappa shape index (κ2) is 14.4. The monoisotopic (exact) mass is 434 g/mol. The maximum absolute atomic E-state index is 8.82. The van der Waals surface area contributed by atoms with Crippen LogP contribution in [0.15, 0.2) is 0 Å². The molecular formula is H8Cr3K2O12. The molecule has 0 aromatic rings. The van der Waals surface area contributed by atoms with Gasteiger partial charge < -0.3 is 2.85 Å². The first kappa shape index (κ1) is 32.4. The van der Waals surface area contributed by atoms with Gasteiger partial charge in [-0.2, -0.15) is 0 Å². The average Bonchev–Trinajstić information content (AvgIpc) is 1.41. The van der Waals surface area contributed by atoms with Crippen molar-refractivity contribution in [3.8, 4) is 0 Å². The molecule has 0 aliphatic rings. The van der Waals surface area contributed by atoms with E-state index in [1.807, 2.05) is 0 Å². The summed E-state index contributed by atoms with van der Waals surface area (Å²) in [7, 11) is 0. The van der Waals surface area contributed by atoms with Crippen molar-refractivity contribution in [3.63, 3.8) is 0 Å². The van der Waals surface area contributed by atoms with Crippen molar-refractivity contribution < 1.29 is 194 Å². The van der Waals surface area contributed by atoms with Crippen LogP contribution in [-0.4, -0.2) is 24.9 Å². The molecule has 0 rings (SSSR count). The van der Waals surface area contributed by atoms with Crippen molar-refractivity contribution >= 4 is 0 Å². The van der Waals surface area contributed by atoms with Gasteiger partial charge in [0, 0.05) is 0 Å². The molecule has 0 fully saturated rings. The van der Waals surface area contributed by atoms with E-state index < -0.39 is 40.8 Å². The van der Waals surface area contributed by atoms with Gasteiger partial charge in [0.1, 0.15) is 0 Å². The fourth-order valence-electron chi connectivity index (χ4n) is 0. The maximum atomic E-state index is 8.82. The Morgan fingerprint density at radius 3 is 0.471 bits per heavy atom. The van der Waals surface area contributed by atoms with Gasteiger partial charge in [-0.05, 0) is 0 Å². The summed E-state index contributed by atoms with van der Waals surface area (Å²) >= 11 is -15.8. The quantitative estimate of drug-likeness (QED) is 0.196. The molecule has 12 nitrogen and oxygen atoms in total. The molecule has 6 N–H and O–H groups in total. The van der Waals surface area contributed by atoms with Crippen LogP contribution in [0.1, 0.15) is 2.85 Å². The van der Waals surface area contributed by atoms with Crippen LogP contribution in [0, 0.1) is 0 Å². The van der Waals surface area contributed by atoms with E-state index in [-0.39, 0.29) is 106 Å². The van der Waals surface area contributed by atoms with Crippen LogP contribution in [-0.2, 0) is 63.7 Å². The number of hydrogen-bond donors (Lipinski definition) is 6. The summed E-state index contributed by atoms with van der Waals surface area (Å²) < 4.78 is 95.6. The van der Waals surface area contributed by atoms with E-state index in [1.54, 1.807) is 0 Å². The van der Waals surface area contributed by atoms with Crippen molar-refractivity contribution in [3.05, 3.63) is 0 Å². The fraction of sp³-hybridized carbons (Fsp3) is 0. The Morgan fingerprint density at radius 1 is 0.471 bits per heavy atom. The summed E-state index contributed by atoms with van der Waals surface area (Å²) in [6.07, 6.45) is 0. The number of hydrogen-bond acceptors (Lipinski definition) is 6. The third-order valence-electron chi connectivity index (χ3n) is 0. The summed E-state index contributed by atoms with van der Waals surface area (Å²) in [6.45, 7) is 0. The molecule has 0 saturated heterocycles. The normalized spacial score (nSPS) is 10.2. The topological polar surface area (TPSA) is 224 Å². The predicted octanol–water partition coefficient (Wildman–Crippen LogP) is -9.83. The second-order valence-corrected chi connectivity index (χ2v) is 5.54. The first-order chi connectivity index (χ1) is 6.00. The molecule has 0 heterocycles. The van der Waals surface area contributed by atoms with E-state index in [1.165, 1.54) is 0 Å². The van der Waals surface area contributed by atoms with Crippen LogP contribution in [0.5, 0.6) is 0 Å². The van der Waals surface area contributed by atoms with E-state index >= 15 is 0 Å². The Kier molecular flexibility index (Phi) is 27.4. The standard InChI is InChI=1S/3Cr.2K.6H2O.6O.2H/h;;;;;6*1H2;;;;;;;;/q3*+2;2*+1;;;;;;;;;;;;;2*-1/p-6. The SMILES string of the molecule is [H-].[H-].[K+].[K+].[O]=[Cr](=[O])([OH])[OH].[O]=[Cr](=[O])([OH])[OH].[O]=[Cr](=[O])([OH])[OH]. The van der Waals surface area contributed by atoms with Crippen molar-refractivity contribution in [2.24, 2.45) is 0 Å². The molecule has 0 aromatic heterocycles. The summed E-state index contributed by atoms with van der Waals surface area (Å²) in [4.78, 5) is 0. The van der Waals surface area contributed by atoms with Gasteiger partial charge >= 0.3 is 191 Å². The van der Waals surface area contributed by atoms with Gasteiger partial charge in [0.2, 0.25) is 0 Å². The zero-order valence-electron chi connectivity index (χ0n) is 10.4. The molecule has 0 atom stereocenters. The molecule has 0 unspecified atom stereocenters. The first-order valence-corrected chi connectivity index (χ1v) is 8.64. The Morgan fingerprint density at radius 2 is 0.471 bits per heavy atom. The molecule has 0 radical (unpaired) electrons. The van der Waals surface area contributed by atoms with Gasteiger partial charge in [-0.3, -0.25) is 0 Å². The molecule has 0 spiro atoms. The van der Waals surface area contributed by atoms with Crippen LogP contribution in [0.4, 0.5) is 0 Å². The summed E-state index contributed by atoms with van der Waals surface area (Å²) in [5.74, 6) is 0. The Balaban J connectivity index is -0.0000000206. The molecule has 17 heteroatoms.